The zero-order chi connectivity index (χ0) is 21.0. The minimum Gasteiger partial charge on any atom is -0.492 e. The number of nitrogens with zero attached hydrogens (tertiary/aromatic N) is 4. The minimum atomic E-state index is -0.667. The number of furan rings is 1. The van der Waals surface area contributed by atoms with Gasteiger partial charge in [0.2, 0.25) is 0 Å². The number of thiazole rings is 1. The summed E-state index contributed by atoms with van der Waals surface area (Å²) < 4.78 is 11.7. The smallest absolute Gasteiger partial charge is 0.433 e. The van der Waals surface area contributed by atoms with E-state index in [-0.39, 0.29) is 18.2 Å². The van der Waals surface area contributed by atoms with E-state index in [1.54, 1.807) is 0 Å². The van der Waals surface area contributed by atoms with Crippen LogP contribution < -0.4 is 9.64 Å². The molecule has 0 N–H and O–H groups in total. The second-order valence-electron chi connectivity index (χ2n) is 6.54. The van der Waals surface area contributed by atoms with E-state index in [1.165, 1.54) is 28.4 Å². The molecule has 30 heavy (non-hydrogen) atoms. The van der Waals surface area contributed by atoms with E-state index in [1.807, 2.05) is 44.1 Å². The lowest BCUT2D eigenvalue weighted by Gasteiger charge is -2.19. The molecule has 0 aliphatic heterocycles. The number of rotatable bonds is 9. The number of carbonyl (C=O) groups excluding carboxylic acids is 1. The van der Waals surface area contributed by atoms with Gasteiger partial charge in [-0.3, -0.25) is 19.8 Å². The van der Waals surface area contributed by atoms with Crippen molar-refractivity contribution in [3.8, 4) is 5.75 Å². The summed E-state index contributed by atoms with van der Waals surface area (Å²) in [6.45, 7) is 3.58. The molecule has 9 nitrogen and oxygen atoms in total. The Morgan fingerprint density at radius 2 is 2.03 bits per heavy atom. The predicted octanol–water partition coefficient (Wildman–Crippen LogP) is 4.22. The lowest BCUT2D eigenvalue weighted by atomic mass is 10.3. The van der Waals surface area contributed by atoms with Gasteiger partial charge in [-0.25, -0.2) is 4.98 Å². The van der Waals surface area contributed by atoms with Gasteiger partial charge in [0.25, 0.3) is 5.91 Å². The van der Waals surface area contributed by atoms with Crippen molar-refractivity contribution in [2.75, 3.05) is 38.7 Å². The number of aromatic nitrogens is 1. The van der Waals surface area contributed by atoms with E-state index in [9.17, 15) is 14.9 Å². The van der Waals surface area contributed by atoms with E-state index in [4.69, 9.17) is 9.15 Å². The van der Waals surface area contributed by atoms with E-state index in [0.717, 1.165) is 11.2 Å². The van der Waals surface area contributed by atoms with Gasteiger partial charge < -0.3 is 14.1 Å². The van der Waals surface area contributed by atoms with Crippen LogP contribution in [0.25, 0.3) is 10.2 Å². The van der Waals surface area contributed by atoms with E-state index >= 15 is 0 Å². The monoisotopic (exact) mass is 454 g/mol. The number of carbonyl (C=O) groups is 1. The first-order chi connectivity index (χ1) is 13.9. The predicted molar refractivity (Wildman–Crippen MR) is 118 cm³/mol. The molecule has 0 spiro atoms. The fourth-order valence-corrected chi connectivity index (χ4v) is 3.81. The molecule has 0 saturated carbocycles. The highest BCUT2D eigenvalue weighted by Crippen LogP contribution is 2.35. The van der Waals surface area contributed by atoms with Crippen LogP contribution in [0.4, 0.5) is 11.0 Å². The Morgan fingerprint density at radius 1 is 1.27 bits per heavy atom. The van der Waals surface area contributed by atoms with Gasteiger partial charge in [0.15, 0.2) is 10.9 Å². The lowest BCUT2D eigenvalue weighted by Crippen LogP contribution is -2.33. The van der Waals surface area contributed by atoms with Crippen LogP contribution >= 0.6 is 23.7 Å². The molecular weight excluding hydrogens is 432 g/mol. The molecule has 0 radical (unpaired) electrons. The first-order valence-corrected chi connectivity index (χ1v) is 9.95. The number of hydrogen-bond donors (Lipinski definition) is 0. The average molecular weight is 455 g/mol. The number of halogens is 1. The second kappa shape index (κ2) is 10.4. The highest BCUT2D eigenvalue weighted by atomic mass is 35.5. The fraction of sp³-hybridized carbons (Fsp3) is 0.368. The Labute approximate surface area is 183 Å². The molecule has 1 aromatic carbocycles. The van der Waals surface area contributed by atoms with Crippen LogP contribution in [-0.4, -0.2) is 54.5 Å². The number of fused-ring (bicyclic) bond motifs is 1. The molecule has 2 heterocycles. The first kappa shape index (κ1) is 23.6. The third-order valence-electron chi connectivity index (χ3n) is 4.12. The quantitative estimate of drug-likeness (QED) is 0.352. The molecule has 162 valence electrons. The Bertz CT molecular complexity index is 1020. The number of hydrogen-bond acceptors (Lipinski definition) is 8. The van der Waals surface area contributed by atoms with Crippen LogP contribution in [0.15, 0.2) is 34.7 Å². The van der Waals surface area contributed by atoms with Crippen molar-refractivity contribution in [1.82, 2.24) is 9.88 Å². The van der Waals surface area contributed by atoms with Crippen LogP contribution in [0.5, 0.6) is 5.75 Å². The van der Waals surface area contributed by atoms with Crippen LogP contribution in [0.2, 0.25) is 0 Å². The van der Waals surface area contributed by atoms with Crippen molar-refractivity contribution in [2.45, 2.75) is 13.3 Å². The second-order valence-corrected chi connectivity index (χ2v) is 7.55. The van der Waals surface area contributed by atoms with E-state index in [0.29, 0.717) is 36.0 Å². The number of amides is 1. The molecule has 3 rings (SSSR count). The van der Waals surface area contributed by atoms with Gasteiger partial charge in [0.05, 0.1) is 17.4 Å². The number of para-hydroxylation sites is 1. The standard InChI is InChI=1S/C19H22N4O5S.ClH/c1-4-27-13-7-5-8-15-17(13)20-19(29-15)22(12-6-11-21(2)3)18(24)14-9-10-16(28-14)23(25)26;/h5,7-10H,4,6,11-12H2,1-3H3;1H. The summed E-state index contributed by atoms with van der Waals surface area (Å²) in [6, 6.07) is 8.13. The van der Waals surface area contributed by atoms with Crippen LogP contribution in [0.1, 0.15) is 23.9 Å². The van der Waals surface area contributed by atoms with Gasteiger partial charge in [-0.05, 0) is 52.2 Å². The maximum Gasteiger partial charge on any atom is 0.433 e. The number of anilines is 1. The topological polar surface area (TPSA) is 102 Å². The molecule has 1 amide bonds. The summed E-state index contributed by atoms with van der Waals surface area (Å²) in [7, 11) is 3.90. The first-order valence-electron chi connectivity index (χ1n) is 9.14. The molecule has 0 aliphatic carbocycles. The summed E-state index contributed by atoms with van der Waals surface area (Å²) in [5.41, 5.74) is 0.685. The largest absolute Gasteiger partial charge is 0.492 e. The SMILES string of the molecule is CCOc1cccc2sc(N(CCCN(C)C)C(=O)c3ccc([N+](=O)[O-])o3)nc12.Cl. The summed E-state index contributed by atoms with van der Waals surface area (Å²) in [6.07, 6.45) is 0.704. The molecule has 11 heteroatoms. The highest BCUT2D eigenvalue weighted by Gasteiger charge is 2.26. The summed E-state index contributed by atoms with van der Waals surface area (Å²) >= 11 is 1.37. The molecule has 0 aliphatic rings. The molecule has 0 saturated heterocycles. The van der Waals surface area contributed by atoms with E-state index in [2.05, 4.69) is 4.98 Å². The van der Waals surface area contributed by atoms with Crippen molar-refractivity contribution >= 4 is 50.9 Å². The van der Waals surface area contributed by atoms with Crippen LogP contribution in [0, 0.1) is 10.1 Å². The Morgan fingerprint density at radius 3 is 2.67 bits per heavy atom. The van der Waals surface area contributed by atoms with Gasteiger partial charge in [-0.15, -0.1) is 12.4 Å². The van der Waals surface area contributed by atoms with Gasteiger partial charge in [0, 0.05) is 6.54 Å². The molecule has 0 fully saturated rings. The summed E-state index contributed by atoms with van der Waals surface area (Å²) in [5, 5.41) is 11.4. The molecule has 0 bridgehead atoms. The van der Waals surface area contributed by atoms with Crippen molar-refractivity contribution in [3.63, 3.8) is 0 Å². The molecular formula is C19H23ClN4O5S. The van der Waals surface area contributed by atoms with Crippen molar-refractivity contribution in [2.24, 2.45) is 0 Å². The van der Waals surface area contributed by atoms with E-state index < -0.39 is 16.7 Å². The highest BCUT2D eigenvalue weighted by molar-refractivity contribution is 7.22. The Kier molecular flexibility index (Phi) is 8.16. The van der Waals surface area contributed by atoms with Gasteiger partial charge in [0.1, 0.15) is 16.2 Å². The van der Waals surface area contributed by atoms with Crippen LogP contribution in [0.3, 0.4) is 0 Å². The normalized spacial score (nSPS) is 10.8. The number of benzene rings is 1. The molecule has 3 aromatic rings. The maximum absolute atomic E-state index is 13.1. The molecule has 0 atom stereocenters. The maximum atomic E-state index is 13.1. The minimum absolute atomic E-state index is 0. The van der Waals surface area contributed by atoms with Gasteiger partial charge in [-0.2, -0.15) is 0 Å². The van der Waals surface area contributed by atoms with Gasteiger partial charge in [-0.1, -0.05) is 17.4 Å². The van der Waals surface area contributed by atoms with Crippen LogP contribution in [-0.2, 0) is 0 Å². The number of nitro groups is 1. The fourth-order valence-electron chi connectivity index (χ4n) is 2.80. The molecule has 0 unspecified atom stereocenters. The van der Waals surface area contributed by atoms with Crippen molar-refractivity contribution in [3.05, 3.63) is 46.2 Å². The Hall–Kier alpha value is -2.69. The third kappa shape index (κ3) is 5.26. The van der Waals surface area contributed by atoms with Crippen molar-refractivity contribution < 1.29 is 18.9 Å². The summed E-state index contributed by atoms with van der Waals surface area (Å²) in [4.78, 5) is 31.5. The Balaban J connectivity index is 0.00000320. The summed E-state index contributed by atoms with van der Waals surface area (Å²) in [5.74, 6) is -0.369. The number of ether oxygens (including phenoxy) is 1. The van der Waals surface area contributed by atoms with Crippen molar-refractivity contribution in [1.29, 1.82) is 0 Å². The molecule has 2 aromatic heterocycles. The van der Waals surface area contributed by atoms with Gasteiger partial charge >= 0.3 is 5.88 Å². The zero-order valence-corrected chi connectivity index (χ0v) is 18.5. The zero-order valence-electron chi connectivity index (χ0n) is 16.9. The average Bonchev–Trinajstić information content (AvgIpc) is 3.32. The lowest BCUT2D eigenvalue weighted by molar-refractivity contribution is -0.402. The third-order valence-corrected chi connectivity index (χ3v) is 5.16.